The van der Waals surface area contributed by atoms with Crippen LogP contribution in [0.25, 0.3) is 0 Å². The van der Waals surface area contributed by atoms with Crippen LogP contribution in [0.2, 0.25) is 0 Å². The molecule has 0 radical (unpaired) electrons. The fourth-order valence-corrected chi connectivity index (χ4v) is 2.76. The van der Waals surface area contributed by atoms with Gasteiger partial charge in [0.15, 0.2) is 0 Å². The van der Waals surface area contributed by atoms with Gasteiger partial charge in [0.1, 0.15) is 6.04 Å². The van der Waals surface area contributed by atoms with Crippen molar-refractivity contribution in [1.82, 2.24) is 5.32 Å². The Labute approximate surface area is 114 Å². The number of aliphatic carboxylic acids is 1. The van der Waals surface area contributed by atoms with Gasteiger partial charge in [-0.25, -0.2) is 0 Å². The lowest BCUT2D eigenvalue weighted by Crippen LogP contribution is -2.45. The number of hydrogen-bond acceptors (Lipinski definition) is 2. The highest BCUT2D eigenvalue weighted by atomic mass is 16.4. The average Bonchev–Trinajstić information content (AvgIpc) is 2.39. The van der Waals surface area contributed by atoms with Crippen LogP contribution >= 0.6 is 0 Å². The van der Waals surface area contributed by atoms with E-state index in [9.17, 15) is 4.79 Å². The minimum atomic E-state index is -0.751. The second-order valence-electron chi connectivity index (χ2n) is 5.33. The molecule has 102 valence electrons. The van der Waals surface area contributed by atoms with Crippen LogP contribution in [0.3, 0.4) is 0 Å². The fraction of sp³-hybridized carbons (Fsp3) is 0.438. The molecule has 1 aromatic carbocycles. The summed E-state index contributed by atoms with van der Waals surface area (Å²) < 4.78 is 0. The highest BCUT2D eigenvalue weighted by molar-refractivity contribution is 5.73. The lowest BCUT2D eigenvalue weighted by molar-refractivity contribution is -0.140. The third kappa shape index (κ3) is 3.24. The quantitative estimate of drug-likeness (QED) is 0.817. The van der Waals surface area contributed by atoms with Gasteiger partial charge in [-0.3, -0.25) is 10.1 Å². The van der Waals surface area contributed by atoms with Gasteiger partial charge in [0, 0.05) is 6.04 Å². The lowest BCUT2D eigenvalue weighted by atomic mass is 9.84. The van der Waals surface area contributed by atoms with Gasteiger partial charge in [-0.05, 0) is 36.3 Å². The summed E-state index contributed by atoms with van der Waals surface area (Å²) in [6, 6.07) is 8.04. The molecule has 19 heavy (non-hydrogen) atoms. The molecule has 0 unspecified atom stereocenters. The molecule has 0 bridgehead atoms. The maximum Gasteiger partial charge on any atom is 0.320 e. The van der Waals surface area contributed by atoms with Crippen molar-refractivity contribution < 1.29 is 9.90 Å². The van der Waals surface area contributed by atoms with Crippen molar-refractivity contribution in [2.45, 2.75) is 38.3 Å². The Morgan fingerprint density at radius 3 is 3.00 bits per heavy atom. The van der Waals surface area contributed by atoms with Gasteiger partial charge in [-0.1, -0.05) is 37.3 Å². The summed E-state index contributed by atoms with van der Waals surface area (Å²) in [5.41, 5.74) is 2.40. The molecule has 2 N–H and O–H groups in total. The van der Waals surface area contributed by atoms with Crippen LogP contribution < -0.4 is 5.32 Å². The highest BCUT2D eigenvalue weighted by Crippen LogP contribution is 2.31. The Bertz CT molecular complexity index is 470. The summed E-state index contributed by atoms with van der Waals surface area (Å²) in [4.78, 5) is 11.1. The number of rotatable bonds is 4. The maximum absolute atomic E-state index is 11.1. The molecular weight excluding hydrogens is 238 g/mol. The van der Waals surface area contributed by atoms with Crippen molar-refractivity contribution >= 4 is 5.97 Å². The van der Waals surface area contributed by atoms with Crippen LogP contribution in [0.1, 0.15) is 36.9 Å². The third-order valence-corrected chi connectivity index (χ3v) is 3.85. The molecular formula is C16H21NO2. The number of carbonyl (C=O) groups is 1. The van der Waals surface area contributed by atoms with Crippen molar-refractivity contribution in [3.05, 3.63) is 48.0 Å². The number of piperidine rings is 1. The SMILES string of the molecule is C=CCc1cccc([C@H]2N[C@H](C(=O)O)CC[C@@H]2C)c1. The molecule has 3 heteroatoms. The maximum atomic E-state index is 11.1. The summed E-state index contributed by atoms with van der Waals surface area (Å²) in [7, 11) is 0. The number of carboxylic acids is 1. The second kappa shape index (κ2) is 6.02. The zero-order valence-electron chi connectivity index (χ0n) is 11.3. The molecule has 0 aromatic heterocycles. The van der Waals surface area contributed by atoms with Crippen LogP contribution in [0, 0.1) is 5.92 Å². The minimum absolute atomic E-state index is 0.125. The first kappa shape index (κ1) is 13.8. The Morgan fingerprint density at radius 1 is 1.53 bits per heavy atom. The van der Waals surface area contributed by atoms with Crippen molar-refractivity contribution in [2.24, 2.45) is 5.92 Å². The fourth-order valence-electron chi connectivity index (χ4n) is 2.76. The number of allylic oxidation sites excluding steroid dienone is 1. The third-order valence-electron chi connectivity index (χ3n) is 3.85. The summed E-state index contributed by atoms with van der Waals surface area (Å²) in [5, 5.41) is 12.4. The number of benzene rings is 1. The molecule has 1 saturated heterocycles. The molecule has 0 spiro atoms. The van der Waals surface area contributed by atoms with Crippen molar-refractivity contribution in [3.63, 3.8) is 0 Å². The molecule has 1 fully saturated rings. The molecule has 0 amide bonds. The van der Waals surface area contributed by atoms with Crippen LogP contribution in [0.15, 0.2) is 36.9 Å². The van der Waals surface area contributed by atoms with E-state index in [0.29, 0.717) is 12.3 Å². The minimum Gasteiger partial charge on any atom is -0.480 e. The predicted molar refractivity (Wildman–Crippen MR) is 76.0 cm³/mol. The van der Waals surface area contributed by atoms with Crippen molar-refractivity contribution in [1.29, 1.82) is 0 Å². The summed E-state index contributed by atoms with van der Waals surface area (Å²) >= 11 is 0. The first-order valence-corrected chi connectivity index (χ1v) is 6.80. The van der Waals surface area contributed by atoms with E-state index in [0.717, 1.165) is 12.8 Å². The van der Waals surface area contributed by atoms with Gasteiger partial charge in [0.25, 0.3) is 0 Å². The summed E-state index contributed by atoms with van der Waals surface area (Å²) in [6.45, 7) is 5.93. The van der Waals surface area contributed by atoms with Gasteiger partial charge in [-0.2, -0.15) is 0 Å². The topological polar surface area (TPSA) is 49.3 Å². The molecule has 0 aliphatic carbocycles. The van der Waals surface area contributed by atoms with E-state index in [1.807, 2.05) is 12.1 Å². The molecule has 3 nitrogen and oxygen atoms in total. The van der Waals surface area contributed by atoms with Gasteiger partial charge in [0.05, 0.1) is 0 Å². The van der Waals surface area contributed by atoms with Crippen molar-refractivity contribution in [2.75, 3.05) is 0 Å². The first-order valence-electron chi connectivity index (χ1n) is 6.80. The van der Waals surface area contributed by atoms with E-state index >= 15 is 0 Å². The Morgan fingerprint density at radius 2 is 2.32 bits per heavy atom. The van der Waals surface area contributed by atoms with Crippen LogP contribution in [0.4, 0.5) is 0 Å². The van der Waals surface area contributed by atoms with E-state index in [-0.39, 0.29) is 6.04 Å². The van der Waals surface area contributed by atoms with Gasteiger partial charge < -0.3 is 5.11 Å². The van der Waals surface area contributed by atoms with Gasteiger partial charge in [0.2, 0.25) is 0 Å². The second-order valence-corrected chi connectivity index (χ2v) is 5.33. The lowest BCUT2D eigenvalue weighted by Gasteiger charge is -2.34. The van der Waals surface area contributed by atoms with E-state index in [2.05, 4.69) is 37.0 Å². The van der Waals surface area contributed by atoms with Crippen LogP contribution in [-0.4, -0.2) is 17.1 Å². The average molecular weight is 259 g/mol. The predicted octanol–water partition coefficient (Wildman–Crippen LogP) is 2.93. The summed E-state index contributed by atoms with van der Waals surface area (Å²) in [6.07, 6.45) is 4.38. The number of carboxylic acid groups (broad SMARTS) is 1. The van der Waals surface area contributed by atoms with Gasteiger partial charge in [-0.15, -0.1) is 6.58 Å². The van der Waals surface area contributed by atoms with Crippen molar-refractivity contribution in [3.8, 4) is 0 Å². The number of hydrogen-bond donors (Lipinski definition) is 2. The Hall–Kier alpha value is -1.61. The molecule has 1 aromatic rings. The monoisotopic (exact) mass is 259 g/mol. The van der Waals surface area contributed by atoms with Gasteiger partial charge >= 0.3 is 5.97 Å². The van der Waals surface area contributed by atoms with Crippen LogP contribution in [0.5, 0.6) is 0 Å². The Balaban J connectivity index is 2.20. The highest BCUT2D eigenvalue weighted by Gasteiger charge is 2.31. The van der Waals surface area contributed by atoms with E-state index in [1.165, 1.54) is 11.1 Å². The molecule has 1 heterocycles. The molecule has 0 saturated carbocycles. The Kier molecular flexibility index (Phi) is 4.38. The van der Waals surface area contributed by atoms with E-state index < -0.39 is 12.0 Å². The smallest absolute Gasteiger partial charge is 0.320 e. The standard InChI is InChI=1S/C16H21NO2/c1-3-5-12-6-4-7-13(10-12)15-11(2)8-9-14(17-15)16(18)19/h3-4,6-7,10-11,14-15,17H,1,5,8-9H2,2H3,(H,18,19)/t11-,14-,15-/m0/s1. The summed E-state index contributed by atoms with van der Waals surface area (Å²) in [5.74, 6) is -0.297. The molecule has 2 rings (SSSR count). The van der Waals surface area contributed by atoms with E-state index in [1.54, 1.807) is 0 Å². The van der Waals surface area contributed by atoms with E-state index in [4.69, 9.17) is 5.11 Å². The normalized spacial score (nSPS) is 26.9. The molecule has 1 aliphatic rings. The van der Waals surface area contributed by atoms with Crippen LogP contribution in [-0.2, 0) is 11.2 Å². The first-order chi connectivity index (χ1) is 9.11. The largest absolute Gasteiger partial charge is 0.480 e. The zero-order chi connectivity index (χ0) is 13.8. The zero-order valence-corrected chi connectivity index (χ0v) is 11.3. The number of nitrogens with one attached hydrogen (secondary N) is 1. The molecule has 3 atom stereocenters. The molecule has 1 aliphatic heterocycles.